The van der Waals surface area contributed by atoms with Gasteiger partial charge in [0.05, 0.1) is 19.6 Å². The lowest BCUT2D eigenvalue weighted by atomic mass is 10.1. The lowest BCUT2D eigenvalue weighted by Crippen LogP contribution is -2.60. The maximum Gasteiger partial charge on any atom is 0.319 e. The van der Waals surface area contributed by atoms with Crippen molar-refractivity contribution in [2.75, 3.05) is 25.0 Å². The third-order valence-electron chi connectivity index (χ3n) is 2.70. The summed E-state index contributed by atoms with van der Waals surface area (Å²) in [7, 11) is 0. The number of nitrogens with zero attached hydrogens (tertiary/aromatic N) is 1. The van der Waals surface area contributed by atoms with Crippen molar-refractivity contribution >= 4 is 33.6 Å². The van der Waals surface area contributed by atoms with Crippen molar-refractivity contribution < 1.29 is 18.4 Å². The Hall–Kier alpha value is -1.70. The van der Waals surface area contributed by atoms with Crippen LogP contribution < -0.4 is 10.6 Å². The van der Waals surface area contributed by atoms with Crippen LogP contribution in [0.1, 0.15) is 0 Å². The smallest absolute Gasteiger partial charge is 0.319 e. The quantitative estimate of drug-likeness (QED) is 0.878. The second kappa shape index (κ2) is 5.74. The van der Waals surface area contributed by atoms with Crippen molar-refractivity contribution in [3.8, 4) is 0 Å². The first-order valence-corrected chi connectivity index (χ1v) is 6.61. The van der Waals surface area contributed by atoms with Gasteiger partial charge in [0.15, 0.2) is 0 Å². The van der Waals surface area contributed by atoms with Crippen LogP contribution in [0.2, 0.25) is 0 Å². The molecule has 0 bridgehead atoms. The van der Waals surface area contributed by atoms with Crippen LogP contribution in [0.5, 0.6) is 0 Å². The number of carbonyl (C=O) groups excluding carboxylic acids is 2. The number of hydrogen-bond donors (Lipinski definition) is 2. The van der Waals surface area contributed by atoms with Gasteiger partial charge in [0.2, 0.25) is 5.91 Å². The standard InChI is InChI=1S/C12H12BrF2N3O2/c13-8-1-3-9(4-2-8)17-11(20)16-5-10(19)18-6-12(14,15)7-18/h1-4H,5-7H2,(H2,16,17,20). The van der Waals surface area contributed by atoms with E-state index in [2.05, 4.69) is 26.6 Å². The van der Waals surface area contributed by atoms with E-state index in [1.54, 1.807) is 24.3 Å². The van der Waals surface area contributed by atoms with Gasteiger partial charge < -0.3 is 15.5 Å². The minimum atomic E-state index is -2.80. The average molecular weight is 348 g/mol. The molecule has 0 atom stereocenters. The number of rotatable bonds is 3. The first-order chi connectivity index (χ1) is 9.35. The number of benzene rings is 1. The molecule has 1 aromatic carbocycles. The highest BCUT2D eigenvalue weighted by atomic mass is 79.9. The summed E-state index contributed by atoms with van der Waals surface area (Å²) in [4.78, 5) is 24.0. The van der Waals surface area contributed by atoms with E-state index in [1.807, 2.05) is 0 Å². The molecule has 2 N–H and O–H groups in total. The summed E-state index contributed by atoms with van der Waals surface area (Å²) in [6, 6.07) is 6.31. The highest BCUT2D eigenvalue weighted by molar-refractivity contribution is 9.10. The van der Waals surface area contributed by atoms with Crippen molar-refractivity contribution in [2.45, 2.75) is 5.92 Å². The number of amides is 3. The highest BCUT2D eigenvalue weighted by Crippen LogP contribution is 2.26. The molecule has 1 saturated heterocycles. The Morgan fingerprint density at radius 3 is 2.40 bits per heavy atom. The predicted octanol–water partition coefficient (Wildman–Crippen LogP) is 2.05. The monoisotopic (exact) mass is 347 g/mol. The molecule has 108 valence electrons. The zero-order valence-corrected chi connectivity index (χ0v) is 11.9. The molecule has 0 saturated carbocycles. The summed E-state index contributed by atoms with van der Waals surface area (Å²) in [5.74, 6) is -3.32. The van der Waals surface area contributed by atoms with E-state index in [0.717, 1.165) is 9.37 Å². The number of nitrogens with one attached hydrogen (secondary N) is 2. The fourth-order valence-electron chi connectivity index (χ4n) is 1.66. The second-order valence-corrected chi connectivity index (χ2v) is 5.34. The summed E-state index contributed by atoms with van der Waals surface area (Å²) in [6.07, 6.45) is 0. The van der Waals surface area contributed by atoms with Crippen LogP contribution in [-0.4, -0.2) is 42.4 Å². The van der Waals surface area contributed by atoms with E-state index in [4.69, 9.17) is 0 Å². The van der Waals surface area contributed by atoms with E-state index in [-0.39, 0.29) is 6.54 Å². The third kappa shape index (κ3) is 3.89. The van der Waals surface area contributed by atoms with E-state index in [9.17, 15) is 18.4 Å². The van der Waals surface area contributed by atoms with Crippen LogP contribution in [0.4, 0.5) is 19.3 Å². The molecule has 0 spiro atoms. The zero-order chi connectivity index (χ0) is 14.8. The molecule has 3 amide bonds. The van der Waals surface area contributed by atoms with Crippen molar-refractivity contribution in [1.29, 1.82) is 0 Å². The Morgan fingerprint density at radius 1 is 1.25 bits per heavy atom. The maximum atomic E-state index is 12.6. The van der Waals surface area contributed by atoms with E-state index >= 15 is 0 Å². The lowest BCUT2D eigenvalue weighted by molar-refractivity contribution is -0.164. The third-order valence-corrected chi connectivity index (χ3v) is 3.23. The molecule has 2 rings (SSSR count). The van der Waals surface area contributed by atoms with Crippen molar-refractivity contribution in [1.82, 2.24) is 10.2 Å². The average Bonchev–Trinajstić information content (AvgIpc) is 2.36. The predicted molar refractivity (Wildman–Crippen MR) is 72.7 cm³/mol. The van der Waals surface area contributed by atoms with E-state index < -0.39 is 31.0 Å². The Kier molecular flexibility index (Phi) is 4.22. The summed E-state index contributed by atoms with van der Waals surface area (Å²) in [6.45, 7) is -1.47. The molecule has 5 nitrogen and oxygen atoms in total. The summed E-state index contributed by atoms with van der Waals surface area (Å²) in [5.41, 5.74) is 0.564. The van der Waals surface area contributed by atoms with Crippen LogP contribution in [0.15, 0.2) is 28.7 Å². The van der Waals surface area contributed by atoms with Crippen molar-refractivity contribution in [3.05, 3.63) is 28.7 Å². The van der Waals surface area contributed by atoms with Gasteiger partial charge >= 0.3 is 6.03 Å². The molecule has 1 fully saturated rings. The van der Waals surface area contributed by atoms with Gasteiger partial charge in [-0.2, -0.15) is 0 Å². The van der Waals surface area contributed by atoms with Gasteiger partial charge in [-0.05, 0) is 24.3 Å². The highest BCUT2D eigenvalue weighted by Gasteiger charge is 2.45. The molecule has 1 aliphatic heterocycles. The van der Waals surface area contributed by atoms with E-state index in [0.29, 0.717) is 5.69 Å². The molecule has 0 aliphatic carbocycles. The van der Waals surface area contributed by atoms with Crippen LogP contribution in [0, 0.1) is 0 Å². The molecule has 8 heteroatoms. The molecule has 1 aromatic rings. The van der Waals surface area contributed by atoms with Gasteiger partial charge in [-0.15, -0.1) is 0 Å². The first-order valence-electron chi connectivity index (χ1n) is 5.82. The van der Waals surface area contributed by atoms with Gasteiger partial charge in [-0.1, -0.05) is 15.9 Å². The fraction of sp³-hybridized carbons (Fsp3) is 0.333. The molecular weight excluding hydrogens is 336 g/mol. The van der Waals surface area contributed by atoms with Crippen LogP contribution in [0.25, 0.3) is 0 Å². The molecule has 1 aliphatic rings. The second-order valence-electron chi connectivity index (χ2n) is 4.42. The van der Waals surface area contributed by atoms with Gasteiger partial charge in [0.1, 0.15) is 0 Å². The Morgan fingerprint density at radius 2 is 1.85 bits per heavy atom. The van der Waals surface area contributed by atoms with Gasteiger partial charge in [-0.3, -0.25) is 4.79 Å². The summed E-state index contributed by atoms with van der Waals surface area (Å²) in [5, 5.41) is 4.85. The Balaban J connectivity index is 1.73. The normalized spacial score (nSPS) is 16.2. The number of alkyl halides is 2. The first kappa shape index (κ1) is 14.7. The molecular formula is C12H12BrF2N3O2. The van der Waals surface area contributed by atoms with Gasteiger partial charge in [0.25, 0.3) is 5.92 Å². The number of halogens is 3. The zero-order valence-electron chi connectivity index (χ0n) is 10.3. The molecule has 20 heavy (non-hydrogen) atoms. The van der Waals surface area contributed by atoms with Crippen molar-refractivity contribution in [2.24, 2.45) is 0 Å². The molecule has 0 aromatic heterocycles. The molecule has 0 radical (unpaired) electrons. The minimum Gasteiger partial charge on any atom is -0.329 e. The van der Waals surface area contributed by atoms with E-state index in [1.165, 1.54) is 0 Å². The number of hydrogen-bond acceptors (Lipinski definition) is 2. The van der Waals surface area contributed by atoms with Gasteiger partial charge in [0, 0.05) is 10.2 Å². The number of likely N-dealkylation sites (tertiary alicyclic amines) is 1. The maximum absolute atomic E-state index is 12.6. The molecule has 1 heterocycles. The fourth-order valence-corrected chi connectivity index (χ4v) is 1.93. The van der Waals surface area contributed by atoms with Crippen LogP contribution >= 0.6 is 15.9 Å². The lowest BCUT2D eigenvalue weighted by Gasteiger charge is -2.38. The number of carbonyl (C=O) groups is 2. The SMILES string of the molecule is O=C(NCC(=O)N1CC(F)(F)C1)Nc1ccc(Br)cc1. The Labute approximate surface area is 122 Å². The van der Waals surface area contributed by atoms with Crippen LogP contribution in [0.3, 0.4) is 0 Å². The van der Waals surface area contributed by atoms with Crippen LogP contribution in [-0.2, 0) is 4.79 Å². The van der Waals surface area contributed by atoms with Crippen molar-refractivity contribution in [3.63, 3.8) is 0 Å². The number of urea groups is 1. The number of anilines is 1. The topological polar surface area (TPSA) is 61.4 Å². The summed E-state index contributed by atoms with van der Waals surface area (Å²) < 4.78 is 26.0. The molecule has 0 unspecified atom stereocenters. The van der Waals surface area contributed by atoms with Gasteiger partial charge in [-0.25, -0.2) is 13.6 Å². The Bertz CT molecular complexity index is 514. The summed E-state index contributed by atoms with van der Waals surface area (Å²) >= 11 is 3.26. The minimum absolute atomic E-state index is 0.307. The largest absolute Gasteiger partial charge is 0.329 e.